The van der Waals surface area contributed by atoms with E-state index in [2.05, 4.69) is 52.7 Å². The second-order valence-electron chi connectivity index (χ2n) is 5.80. The molecule has 0 saturated carbocycles. The van der Waals surface area contributed by atoms with Crippen molar-refractivity contribution in [2.24, 2.45) is 0 Å². The third-order valence-electron chi connectivity index (χ3n) is 4.25. The number of thioether (sulfide) groups is 1. The number of fused-ring (bicyclic) bond motifs is 1. The lowest BCUT2D eigenvalue weighted by atomic mass is 10.1. The number of methoxy groups -OCH3 is 1. The van der Waals surface area contributed by atoms with Gasteiger partial charge in [-0.25, -0.2) is 4.68 Å². The molecule has 1 aromatic heterocycles. The topological polar surface area (TPSA) is 66.0 Å². The Labute approximate surface area is 155 Å². The summed E-state index contributed by atoms with van der Waals surface area (Å²) in [7, 11) is 1.63. The van der Waals surface area contributed by atoms with Crippen molar-refractivity contribution < 1.29 is 4.74 Å². The smallest absolute Gasteiger partial charge is 0.210 e. The number of benzene rings is 3. The van der Waals surface area contributed by atoms with E-state index in [9.17, 15) is 0 Å². The van der Waals surface area contributed by atoms with Gasteiger partial charge in [-0.1, -0.05) is 66.4 Å². The largest absolute Gasteiger partial charge is 0.496 e. The fraction of sp³-hybridized carbons (Fsp3) is 0.100. The maximum absolute atomic E-state index is 6.25. The van der Waals surface area contributed by atoms with Crippen molar-refractivity contribution in [1.82, 2.24) is 14.9 Å². The molecule has 0 radical (unpaired) electrons. The van der Waals surface area contributed by atoms with Crippen LogP contribution in [0, 0.1) is 0 Å². The minimum atomic E-state index is 0.586. The highest BCUT2D eigenvalue weighted by Crippen LogP contribution is 2.31. The zero-order valence-corrected chi connectivity index (χ0v) is 15.1. The lowest BCUT2D eigenvalue weighted by Crippen LogP contribution is -2.12. The molecule has 130 valence electrons. The number of ether oxygens (including phenoxy) is 1. The van der Waals surface area contributed by atoms with Gasteiger partial charge in [0.15, 0.2) is 5.82 Å². The predicted molar refractivity (Wildman–Crippen MR) is 106 cm³/mol. The molecule has 0 saturated heterocycles. The molecular weight excluding hydrogens is 344 g/mol. The third kappa shape index (κ3) is 2.99. The molecule has 3 aromatic carbocycles. The van der Waals surface area contributed by atoms with Gasteiger partial charge in [-0.2, -0.15) is 0 Å². The lowest BCUT2D eigenvalue weighted by Gasteiger charge is -2.08. The number of nitrogens with zero attached hydrogens (tertiary/aromatic N) is 3. The molecule has 1 heterocycles. The molecule has 26 heavy (non-hydrogen) atoms. The Bertz CT molecular complexity index is 1060. The van der Waals surface area contributed by atoms with Gasteiger partial charge in [0.05, 0.1) is 12.7 Å². The molecule has 4 aromatic rings. The van der Waals surface area contributed by atoms with E-state index in [0.717, 1.165) is 17.1 Å². The van der Waals surface area contributed by atoms with E-state index in [-0.39, 0.29) is 0 Å². The van der Waals surface area contributed by atoms with E-state index < -0.39 is 0 Å². The minimum absolute atomic E-state index is 0.586. The summed E-state index contributed by atoms with van der Waals surface area (Å²) in [5.41, 5.74) is 2.07. The Kier molecular flexibility index (Phi) is 4.50. The van der Waals surface area contributed by atoms with E-state index in [0.29, 0.717) is 11.0 Å². The fourth-order valence-electron chi connectivity index (χ4n) is 2.95. The molecule has 2 N–H and O–H groups in total. The van der Waals surface area contributed by atoms with Gasteiger partial charge in [0.2, 0.25) is 5.16 Å². The van der Waals surface area contributed by atoms with Crippen molar-refractivity contribution in [3.8, 4) is 17.1 Å². The summed E-state index contributed by atoms with van der Waals surface area (Å²) in [5, 5.41) is 11.7. The molecule has 0 aliphatic rings. The van der Waals surface area contributed by atoms with E-state index in [1.54, 1.807) is 18.9 Å². The van der Waals surface area contributed by atoms with Gasteiger partial charge in [-0.05, 0) is 28.5 Å². The summed E-state index contributed by atoms with van der Waals surface area (Å²) in [6, 6.07) is 22.3. The number of nitrogens with two attached hydrogens (primary N) is 1. The Morgan fingerprint density at radius 1 is 0.962 bits per heavy atom. The summed E-state index contributed by atoms with van der Waals surface area (Å²) in [5.74, 6) is 8.32. The monoisotopic (exact) mass is 362 g/mol. The molecule has 6 heteroatoms. The van der Waals surface area contributed by atoms with Crippen LogP contribution in [0.4, 0.5) is 0 Å². The van der Waals surface area contributed by atoms with Crippen LogP contribution in [0.2, 0.25) is 0 Å². The Balaban J connectivity index is 1.61. The standard InChI is InChI=1S/C20H18N4OS/c1-25-18-12-5-4-11-17(18)19-22-23-20(24(19)21)26-13-15-9-6-8-14-7-2-3-10-16(14)15/h2-12H,13,21H2,1H3. The number of aromatic nitrogens is 3. The van der Waals surface area contributed by atoms with Gasteiger partial charge in [0.1, 0.15) is 5.75 Å². The van der Waals surface area contributed by atoms with Crippen LogP contribution in [-0.4, -0.2) is 22.0 Å². The first kappa shape index (κ1) is 16.5. The van der Waals surface area contributed by atoms with Crippen molar-refractivity contribution in [1.29, 1.82) is 0 Å². The summed E-state index contributed by atoms with van der Waals surface area (Å²) >= 11 is 1.57. The zero-order valence-electron chi connectivity index (χ0n) is 14.3. The molecular formula is C20H18N4OS. The summed E-state index contributed by atoms with van der Waals surface area (Å²) < 4.78 is 6.92. The van der Waals surface area contributed by atoms with Crippen LogP contribution < -0.4 is 10.6 Å². The van der Waals surface area contributed by atoms with Crippen molar-refractivity contribution in [3.63, 3.8) is 0 Å². The molecule has 0 bridgehead atoms. The van der Waals surface area contributed by atoms with Gasteiger partial charge in [0.25, 0.3) is 0 Å². The maximum atomic E-state index is 6.25. The molecule has 0 atom stereocenters. The van der Waals surface area contributed by atoms with Crippen LogP contribution in [0.25, 0.3) is 22.2 Å². The second kappa shape index (κ2) is 7.09. The lowest BCUT2D eigenvalue weighted by molar-refractivity contribution is 0.416. The highest BCUT2D eigenvalue weighted by molar-refractivity contribution is 7.98. The van der Waals surface area contributed by atoms with Gasteiger partial charge in [0, 0.05) is 5.75 Å². The normalized spacial score (nSPS) is 11.0. The Morgan fingerprint density at radius 3 is 2.62 bits per heavy atom. The first-order valence-electron chi connectivity index (χ1n) is 8.21. The average Bonchev–Trinajstić information content (AvgIpc) is 3.06. The first-order valence-corrected chi connectivity index (χ1v) is 9.20. The molecule has 0 spiro atoms. The number of hydrogen-bond acceptors (Lipinski definition) is 5. The number of para-hydroxylation sites is 1. The van der Waals surface area contributed by atoms with Crippen LogP contribution >= 0.6 is 11.8 Å². The molecule has 0 fully saturated rings. The Morgan fingerprint density at radius 2 is 1.73 bits per heavy atom. The molecule has 0 amide bonds. The highest BCUT2D eigenvalue weighted by Gasteiger charge is 2.16. The number of hydrogen-bond donors (Lipinski definition) is 1. The average molecular weight is 362 g/mol. The minimum Gasteiger partial charge on any atom is -0.496 e. The van der Waals surface area contributed by atoms with Crippen LogP contribution in [0.15, 0.2) is 71.9 Å². The molecule has 0 unspecified atom stereocenters. The SMILES string of the molecule is COc1ccccc1-c1nnc(SCc2cccc3ccccc23)n1N. The van der Waals surface area contributed by atoms with E-state index in [1.807, 2.05) is 24.3 Å². The van der Waals surface area contributed by atoms with Crippen LogP contribution in [0.3, 0.4) is 0 Å². The molecule has 0 aliphatic heterocycles. The number of rotatable bonds is 5. The number of nitrogen functional groups attached to an aromatic ring is 1. The van der Waals surface area contributed by atoms with Gasteiger partial charge in [-0.3, -0.25) is 0 Å². The predicted octanol–water partition coefficient (Wildman–Crippen LogP) is 4.11. The van der Waals surface area contributed by atoms with Crippen LogP contribution in [0.1, 0.15) is 5.56 Å². The summed E-state index contributed by atoms with van der Waals surface area (Å²) in [6.07, 6.45) is 0. The zero-order chi connectivity index (χ0) is 17.9. The van der Waals surface area contributed by atoms with E-state index in [1.165, 1.54) is 21.0 Å². The molecule has 5 nitrogen and oxygen atoms in total. The Hall–Kier alpha value is -2.99. The highest BCUT2D eigenvalue weighted by atomic mass is 32.2. The van der Waals surface area contributed by atoms with Crippen molar-refractivity contribution >= 4 is 22.5 Å². The van der Waals surface area contributed by atoms with Crippen molar-refractivity contribution in [3.05, 3.63) is 72.3 Å². The van der Waals surface area contributed by atoms with Crippen LogP contribution in [0.5, 0.6) is 5.75 Å². The first-order chi connectivity index (χ1) is 12.8. The summed E-state index contributed by atoms with van der Waals surface area (Å²) in [4.78, 5) is 0. The van der Waals surface area contributed by atoms with Crippen molar-refractivity contribution in [2.75, 3.05) is 13.0 Å². The fourth-order valence-corrected chi connectivity index (χ4v) is 3.81. The van der Waals surface area contributed by atoms with Gasteiger partial charge in [-0.15, -0.1) is 10.2 Å². The van der Waals surface area contributed by atoms with Gasteiger partial charge < -0.3 is 10.6 Å². The van der Waals surface area contributed by atoms with E-state index in [4.69, 9.17) is 10.6 Å². The van der Waals surface area contributed by atoms with Crippen molar-refractivity contribution in [2.45, 2.75) is 10.9 Å². The third-order valence-corrected chi connectivity index (χ3v) is 5.24. The quantitative estimate of drug-likeness (QED) is 0.427. The summed E-state index contributed by atoms with van der Waals surface area (Å²) in [6.45, 7) is 0. The van der Waals surface area contributed by atoms with E-state index >= 15 is 0 Å². The molecule has 0 aliphatic carbocycles. The van der Waals surface area contributed by atoms with Crippen LogP contribution in [-0.2, 0) is 5.75 Å². The van der Waals surface area contributed by atoms with Gasteiger partial charge >= 0.3 is 0 Å². The molecule has 4 rings (SSSR count). The maximum Gasteiger partial charge on any atom is 0.210 e. The second-order valence-corrected chi connectivity index (χ2v) is 6.75.